The van der Waals surface area contributed by atoms with Crippen molar-refractivity contribution in [3.05, 3.63) is 67.5 Å². The molecule has 0 heterocycles. The molecule has 2 aromatic rings. The van der Waals surface area contributed by atoms with E-state index in [4.69, 9.17) is 18.9 Å². The van der Waals surface area contributed by atoms with E-state index >= 15 is 0 Å². The van der Waals surface area contributed by atoms with Crippen LogP contribution in [0.2, 0.25) is 0 Å². The molecule has 0 amide bonds. The van der Waals surface area contributed by atoms with E-state index < -0.39 is 21.8 Å². The van der Waals surface area contributed by atoms with Gasteiger partial charge in [0, 0.05) is 12.2 Å². The zero-order valence-electron chi connectivity index (χ0n) is 17.9. The molecule has 0 bridgehead atoms. The van der Waals surface area contributed by atoms with Crippen LogP contribution in [0.4, 0.5) is 0 Å². The Morgan fingerprint density at radius 1 is 0.714 bits per heavy atom. The molecule has 0 saturated heterocycles. The van der Waals surface area contributed by atoms with Crippen LogP contribution in [0.1, 0.15) is 0 Å². The van der Waals surface area contributed by atoms with Gasteiger partial charge in [0.05, 0.1) is 27.7 Å². The number of carbonyl (C=O) groups excluding carboxylic acids is 2. The Labute approximate surface area is 236 Å². The Kier molecular flexibility index (Phi) is 11.5. The third-order valence-electron chi connectivity index (χ3n) is 4.09. The zero-order chi connectivity index (χ0) is 26.2. The van der Waals surface area contributed by atoms with Gasteiger partial charge in [-0.25, -0.2) is 18.0 Å². The third-order valence-corrected chi connectivity index (χ3v) is 9.27. The van der Waals surface area contributed by atoms with Gasteiger partial charge in [0.1, 0.15) is 37.9 Å². The molecule has 188 valence electrons. The summed E-state index contributed by atoms with van der Waals surface area (Å²) in [7, 11) is -4.07. The van der Waals surface area contributed by atoms with E-state index in [1.807, 2.05) is 0 Å². The van der Waals surface area contributed by atoms with E-state index in [1.165, 1.54) is 24.3 Å². The van der Waals surface area contributed by atoms with Gasteiger partial charge in [0.2, 0.25) is 9.84 Å². The van der Waals surface area contributed by atoms with Gasteiger partial charge >= 0.3 is 11.9 Å². The minimum Gasteiger partial charge on any atom is -0.488 e. The number of hydrogen-bond acceptors (Lipinski definition) is 8. The zero-order valence-corrected chi connectivity index (χ0v) is 25.1. The number of halogens is 4. The summed E-state index contributed by atoms with van der Waals surface area (Å²) >= 11 is 13.3. The second kappa shape index (κ2) is 13.6. The van der Waals surface area contributed by atoms with Gasteiger partial charge in [0.15, 0.2) is 0 Å². The Bertz CT molecular complexity index is 1160. The smallest absolute Gasteiger partial charge is 0.330 e. The van der Waals surface area contributed by atoms with Crippen LogP contribution in [0.15, 0.2) is 77.3 Å². The molecule has 0 N–H and O–H groups in total. The molecule has 13 heteroatoms. The van der Waals surface area contributed by atoms with Crippen molar-refractivity contribution in [3.8, 4) is 11.5 Å². The predicted octanol–water partition coefficient (Wildman–Crippen LogP) is 5.79. The summed E-state index contributed by atoms with van der Waals surface area (Å²) in [5.41, 5.74) is 0. The summed E-state index contributed by atoms with van der Waals surface area (Å²) in [6.07, 6.45) is 2.06. The first-order chi connectivity index (χ1) is 16.5. The molecular formula is C22H18Br4O8S. The molecule has 0 aromatic heterocycles. The summed E-state index contributed by atoms with van der Waals surface area (Å²) in [4.78, 5) is 22.2. The minimum absolute atomic E-state index is 0.0172. The van der Waals surface area contributed by atoms with Gasteiger partial charge in [-0.3, -0.25) is 0 Å². The van der Waals surface area contributed by atoms with Crippen LogP contribution < -0.4 is 9.47 Å². The second-order valence-electron chi connectivity index (χ2n) is 6.32. The van der Waals surface area contributed by atoms with Crippen molar-refractivity contribution < 1.29 is 37.0 Å². The fourth-order valence-corrected chi connectivity index (χ4v) is 7.53. The first-order valence-electron chi connectivity index (χ1n) is 9.59. The van der Waals surface area contributed by atoms with E-state index in [-0.39, 0.29) is 56.7 Å². The van der Waals surface area contributed by atoms with E-state index in [9.17, 15) is 18.0 Å². The summed E-state index contributed by atoms with van der Waals surface area (Å²) in [6, 6.07) is 5.89. The Hall–Kier alpha value is -1.67. The number of ether oxygens (including phenoxy) is 4. The molecule has 0 fully saturated rings. The van der Waals surface area contributed by atoms with Crippen LogP contribution in [-0.2, 0) is 28.9 Å². The molecule has 2 rings (SSSR count). The molecule has 35 heavy (non-hydrogen) atoms. The van der Waals surface area contributed by atoms with Gasteiger partial charge in [-0.2, -0.15) is 0 Å². The Morgan fingerprint density at radius 2 is 1.09 bits per heavy atom. The highest BCUT2D eigenvalue weighted by Gasteiger charge is 2.28. The molecule has 8 nitrogen and oxygen atoms in total. The molecular weight excluding hydrogens is 744 g/mol. The van der Waals surface area contributed by atoms with Crippen molar-refractivity contribution in [2.24, 2.45) is 0 Å². The van der Waals surface area contributed by atoms with Crippen LogP contribution in [-0.4, -0.2) is 46.8 Å². The van der Waals surface area contributed by atoms with Crippen LogP contribution in [0.25, 0.3) is 0 Å². The van der Waals surface area contributed by atoms with Gasteiger partial charge in [-0.05, 0) is 88.0 Å². The maximum absolute atomic E-state index is 13.6. The summed E-state index contributed by atoms with van der Waals surface area (Å²) in [6.45, 7) is 6.47. The first kappa shape index (κ1) is 29.6. The summed E-state index contributed by atoms with van der Waals surface area (Å²) in [5.74, 6) is -0.760. The predicted molar refractivity (Wildman–Crippen MR) is 142 cm³/mol. The average Bonchev–Trinajstić information content (AvgIpc) is 2.81. The number of hydrogen-bond donors (Lipinski definition) is 0. The van der Waals surface area contributed by atoms with E-state index in [2.05, 4.69) is 76.9 Å². The molecule has 0 aliphatic rings. The Morgan fingerprint density at radius 3 is 1.43 bits per heavy atom. The number of rotatable bonds is 12. The highest BCUT2D eigenvalue weighted by molar-refractivity contribution is 9.11. The van der Waals surface area contributed by atoms with Crippen LogP contribution in [0, 0.1) is 0 Å². The molecule has 0 aliphatic carbocycles. The number of carbonyl (C=O) groups is 2. The van der Waals surface area contributed by atoms with Gasteiger partial charge in [0.25, 0.3) is 0 Å². The highest BCUT2D eigenvalue weighted by atomic mass is 79.9. The minimum atomic E-state index is -4.07. The van der Waals surface area contributed by atoms with E-state index in [1.54, 1.807) is 0 Å². The lowest BCUT2D eigenvalue weighted by Crippen LogP contribution is -2.12. The fraction of sp³-hybridized carbons (Fsp3) is 0.182. The summed E-state index contributed by atoms with van der Waals surface area (Å²) in [5, 5.41) is 0. The van der Waals surface area contributed by atoms with Crippen molar-refractivity contribution >= 4 is 85.5 Å². The average molecular weight is 762 g/mol. The van der Waals surface area contributed by atoms with Gasteiger partial charge in [-0.1, -0.05) is 13.2 Å². The normalized spacial score (nSPS) is 10.9. The van der Waals surface area contributed by atoms with Crippen LogP contribution in [0.3, 0.4) is 0 Å². The van der Waals surface area contributed by atoms with Crippen molar-refractivity contribution in [3.63, 3.8) is 0 Å². The number of sulfone groups is 1. The number of benzene rings is 2. The lowest BCUT2D eigenvalue weighted by molar-refractivity contribution is -0.139. The van der Waals surface area contributed by atoms with Crippen molar-refractivity contribution in [2.75, 3.05) is 26.4 Å². The fourth-order valence-electron chi connectivity index (χ4n) is 2.52. The van der Waals surface area contributed by atoms with E-state index in [0.717, 1.165) is 12.2 Å². The maximum atomic E-state index is 13.6. The maximum Gasteiger partial charge on any atom is 0.330 e. The van der Waals surface area contributed by atoms with Crippen molar-refractivity contribution in [1.82, 2.24) is 0 Å². The van der Waals surface area contributed by atoms with Crippen molar-refractivity contribution in [1.29, 1.82) is 0 Å². The highest BCUT2D eigenvalue weighted by Crippen LogP contribution is 2.44. The largest absolute Gasteiger partial charge is 0.488 e. The molecule has 0 saturated carbocycles. The van der Waals surface area contributed by atoms with Crippen LogP contribution in [0.5, 0.6) is 11.5 Å². The Balaban J connectivity index is 2.33. The second-order valence-corrected chi connectivity index (χ2v) is 11.5. The van der Waals surface area contributed by atoms with Crippen molar-refractivity contribution in [2.45, 2.75) is 9.79 Å². The van der Waals surface area contributed by atoms with Gasteiger partial charge in [-0.15, -0.1) is 0 Å². The number of esters is 2. The summed E-state index contributed by atoms with van der Waals surface area (Å²) < 4.78 is 49.5. The molecule has 0 unspecified atom stereocenters. The van der Waals surface area contributed by atoms with E-state index in [0.29, 0.717) is 8.95 Å². The monoisotopic (exact) mass is 758 g/mol. The molecule has 0 atom stereocenters. The standard InChI is InChI=1S/C22H18Br4O8S/c1-3-17(27)31-9-11-33-21-13(23)5-7-15(19(21)25)35(29,30)16-8-6-14(24)22(20(16)26)34-12-10-32-18(28)4-2/h3-8H,1-2,9-12H2. The molecule has 0 radical (unpaired) electrons. The third kappa shape index (κ3) is 7.66. The van der Waals surface area contributed by atoms with Crippen LogP contribution >= 0.6 is 63.7 Å². The topological polar surface area (TPSA) is 105 Å². The lowest BCUT2D eigenvalue weighted by Gasteiger charge is -2.16. The molecule has 2 aromatic carbocycles. The molecule has 0 aliphatic heterocycles. The quantitative estimate of drug-likeness (QED) is 0.152. The molecule has 0 spiro atoms. The lowest BCUT2D eigenvalue weighted by atomic mass is 10.3. The SMILES string of the molecule is C=CC(=O)OCCOc1c(Br)ccc(S(=O)(=O)c2ccc(Br)c(OCCOC(=O)C=C)c2Br)c1Br. The van der Waals surface area contributed by atoms with Gasteiger partial charge < -0.3 is 18.9 Å². The first-order valence-corrected chi connectivity index (χ1v) is 14.2.